The number of rotatable bonds is 3. The lowest BCUT2D eigenvalue weighted by molar-refractivity contribution is -0.689. The molecule has 1 aliphatic rings. The van der Waals surface area contributed by atoms with Crippen molar-refractivity contribution >= 4 is 5.91 Å². The maximum Gasteiger partial charge on any atom is 0.279 e. The van der Waals surface area contributed by atoms with Gasteiger partial charge >= 0.3 is 0 Å². The zero-order chi connectivity index (χ0) is 15.9. The molecule has 1 aromatic rings. The third-order valence-electron chi connectivity index (χ3n) is 4.80. The van der Waals surface area contributed by atoms with E-state index in [4.69, 9.17) is 0 Å². The Labute approximate surface area is 128 Å². The van der Waals surface area contributed by atoms with Gasteiger partial charge in [0.1, 0.15) is 17.4 Å². The lowest BCUT2D eigenvalue weighted by Crippen LogP contribution is -2.43. The maximum absolute atomic E-state index is 12.5. The second kappa shape index (κ2) is 5.82. The summed E-state index contributed by atoms with van der Waals surface area (Å²) in [5.41, 5.74) is 2.68. The highest BCUT2D eigenvalue weighted by atomic mass is 16.2. The van der Waals surface area contributed by atoms with Crippen molar-refractivity contribution in [3.05, 3.63) is 17.2 Å². The Bertz CT molecular complexity index is 543. The van der Waals surface area contributed by atoms with Crippen LogP contribution in [-0.4, -0.2) is 21.9 Å². The van der Waals surface area contributed by atoms with Crippen LogP contribution in [0.1, 0.15) is 69.7 Å². The van der Waals surface area contributed by atoms with Gasteiger partial charge < -0.3 is 4.90 Å². The number of hydrogen-bond donors (Lipinski definition) is 0. The van der Waals surface area contributed by atoms with E-state index in [0.717, 1.165) is 19.4 Å². The molecule has 0 radical (unpaired) electrons. The van der Waals surface area contributed by atoms with Crippen molar-refractivity contribution in [2.45, 2.75) is 59.4 Å². The molecule has 0 spiro atoms. The van der Waals surface area contributed by atoms with Gasteiger partial charge in [0.2, 0.25) is 5.91 Å². The summed E-state index contributed by atoms with van der Waals surface area (Å²) in [6.07, 6.45) is 2.17. The summed E-state index contributed by atoms with van der Waals surface area (Å²) in [5.74, 6) is 2.11. The molecule has 1 aliphatic heterocycles. The van der Waals surface area contributed by atoms with Gasteiger partial charge in [-0.15, -0.1) is 0 Å². The Morgan fingerprint density at radius 3 is 2.38 bits per heavy atom. The summed E-state index contributed by atoms with van der Waals surface area (Å²) in [5, 5.41) is 0. The van der Waals surface area contributed by atoms with Gasteiger partial charge in [-0.1, -0.05) is 27.7 Å². The first-order valence-corrected chi connectivity index (χ1v) is 8.12. The van der Waals surface area contributed by atoms with Crippen molar-refractivity contribution in [2.75, 3.05) is 6.54 Å². The highest BCUT2D eigenvalue weighted by molar-refractivity contribution is 5.78. The molecule has 4 nitrogen and oxygen atoms in total. The minimum Gasteiger partial charge on any atom is -0.328 e. The van der Waals surface area contributed by atoms with Crippen LogP contribution in [0.25, 0.3) is 0 Å². The van der Waals surface area contributed by atoms with Crippen molar-refractivity contribution in [1.82, 2.24) is 9.47 Å². The Kier molecular flexibility index (Phi) is 4.45. The summed E-state index contributed by atoms with van der Waals surface area (Å²) in [4.78, 5) is 14.6. The fourth-order valence-electron chi connectivity index (χ4n) is 3.82. The Hall–Kier alpha value is -1.32. The molecule has 2 heterocycles. The standard InChI is InChI=1S/C17H30N3O/c1-11(2)15-13(5)18(6)16(19(15)7)14-9-8-10-20(14)17(21)12(3)4/h11-12,14H,8-10H2,1-7H3/q+1. The highest BCUT2D eigenvalue weighted by Gasteiger charge is 2.40. The summed E-state index contributed by atoms with van der Waals surface area (Å²) in [6.45, 7) is 11.5. The number of imidazole rings is 1. The average Bonchev–Trinajstić information content (AvgIpc) is 2.93. The molecule has 2 rings (SSSR count). The van der Waals surface area contributed by atoms with E-state index in [2.05, 4.69) is 48.9 Å². The monoisotopic (exact) mass is 292 g/mol. The molecule has 21 heavy (non-hydrogen) atoms. The lowest BCUT2D eigenvalue weighted by atomic mass is 10.1. The Balaban J connectivity index is 2.46. The Morgan fingerprint density at radius 2 is 1.90 bits per heavy atom. The van der Waals surface area contributed by atoms with Gasteiger partial charge in [-0.05, 0) is 12.8 Å². The first-order chi connectivity index (χ1) is 9.77. The number of likely N-dealkylation sites (tertiary alicyclic amines) is 1. The summed E-state index contributed by atoms with van der Waals surface area (Å²) < 4.78 is 4.60. The van der Waals surface area contributed by atoms with E-state index in [1.165, 1.54) is 17.2 Å². The van der Waals surface area contributed by atoms with Crippen LogP contribution < -0.4 is 4.57 Å². The molecule has 0 N–H and O–H groups in total. The number of carbonyl (C=O) groups excluding carboxylic acids is 1. The van der Waals surface area contributed by atoms with Gasteiger partial charge in [0.25, 0.3) is 5.82 Å². The van der Waals surface area contributed by atoms with E-state index in [0.29, 0.717) is 5.92 Å². The third kappa shape index (κ3) is 2.60. The molecule has 0 saturated carbocycles. The number of carbonyl (C=O) groups is 1. The van der Waals surface area contributed by atoms with Gasteiger partial charge in [0.05, 0.1) is 14.1 Å². The first-order valence-electron chi connectivity index (χ1n) is 8.12. The topological polar surface area (TPSA) is 29.1 Å². The quantitative estimate of drug-likeness (QED) is 0.787. The molecule has 1 atom stereocenters. The molecule has 0 aliphatic carbocycles. The molecule has 1 aromatic heterocycles. The van der Waals surface area contributed by atoms with Crippen molar-refractivity contribution in [1.29, 1.82) is 0 Å². The molecule has 1 amide bonds. The van der Waals surface area contributed by atoms with Crippen LogP contribution in [0.3, 0.4) is 0 Å². The molecule has 118 valence electrons. The second-order valence-corrected chi connectivity index (χ2v) is 6.95. The normalized spacial score (nSPS) is 19.1. The molecule has 1 saturated heterocycles. The van der Waals surface area contributed by atoms with Gasteiger partial charge in [0.15, 0.2) is 0 Å². The van der Waals surface area contributed by atoms with Crippen LogP contribution in [-0.2, 0) is 18.9 Å². The van der Waals surface area contributed by atoms with Crippen LogP contribution in [0.2, 0.25) is 0 Å². The first kappa shape index (κ1) is 16.1. The van der Waals surface area contributed by atoms with Crippen molar-refractivity contribution < 1.29 is 9.36 Å². The Morgan fingerprint density at radius 1 is 1.29 bits per heavy atom. The SMILES string of the molecule is Cc1c(C(C)C)[n+](C)c(C2CCCN2C(=O)C(C)C)n1C. The molecular weight excluding hydrogens is 262 g/mol. The summed E-state index contributed by atoms with van der Waals surface area (Å²) >= 11 is 0. The second-order valence-electron chi connectivity index (χ2n) is 6.95. The fraction of sp³-hybridized carbons (Fsp3) is 0.765. The molecule has 1 fully saturated rings. The third-order valence-corrected chi connectivity index (χ3v) is 4.80. The average molecular weight is 292 g/mol. The van der Waals surface area contributed by atoms with Gasteiger partial charge in [-0.25, -0.2) is 9.13 Å². The van der Waals surface area contributed by atoms with Gasteiger partial charge in [0, 0.05) is 25.3 Å². The van der Waals surface area contributed by atoms with E-state index in [9.17, 15) is 4.79 Å². The maximum atomic E-state index is 12.5. The van der Waals surface area contributed by atoms with Gasteiger partial charge in [-0.2, -0.15) is 0 Å². The molecular formula is C17H30N3O+. The van der Waals surface area contributed by atoms with Crippen molar-refractivity contribution in [3.63, 3.8) is 0 Å². The summed E-state index contributed by atoms with van der Waals surface area (Å²) in [7, 11) is 4.28. The van der Waals surface area contributed by atoms with Crippen LogP contribution in [0.5, 0.6) is 0 Å². The predicted molar refractivity (Wildman–Crippen MR) is 83.9 cm³/mol. The van der Waals surface area contributed by atoms with Crippen molar-refractivity contribution in [3.8, 4) is 0 Å². The number of hydrogen-bond acceptors (Lipinski definition) is 1. The van der Waals surface area contributed by atoms with E-state index >= 15 is 0 Å². The minimum atomic E-state index is 0.0711. The molecule has 1 unspecified atom stereocenters. The van der Waals surface area contributed by atoms with Gasteiger partial charge in [-0.3, -0.25) is 4.79 Å². The van der Waals surface area contributed by atoms with E-state index in [1.807, 2.05) is 13.8 Å². The number of aromatic nitrogens is 2. The number of amides is 1. The zero-order valence-electron chi connectivity index (χ0n) is 14.6. The summed E-state index contributed by atoms with van der Waals surface area (Å²) in [6, 6.07) is 0.223. The molecule has 4 heteroatoms. The molecule has 0 bridgehead atoms. The predicted octanol–water partition coefficient (Wildman–Crippen LogP) is 2.60. The lowest BCUT2D eigenvalue weighted by Gasteiger charge is -2.24. The molecule has 0 aromatic carbocycles. The minimum absolute atomic E-state index is 0.0711. The van der Waals surface area contributed by atoms with E-state index < -0.39 is 0 Å². The van der Waals surface area contributed by atoms with Crippen LogP contribution >= 0.6 is 0 Å². The highest BCUT2D eigenvalue weighted by Crippen LogP contribution is 2.33. The van der Waals surface area contributed by atoms with Crippen LogP contribution in [0, 0.1) is 12.8 Å². The number of nitrogens with zero attached hydrogens (tertiary/aromatic N) is 3. The van der Waals surface area contributed by atoms with Crippen LogP contribution in [0.15, 0.2) is 0 Å². The smallest absolute Gasteiger partial charge is 0.279 e. The van der Waals surface area contributed by atoms with Crippen molar-refractivity contribution in [2.24, 2.45) is 20.0 Å². The van der Waals surface area contributed by atoms with E-state index in [-0.39, 0.29) is 17.9 Å². The van der Waals surface area contributed by atoms with E-state index in [1.54, 1.807) is 0 Å². The largest absolute Gasteiger partial charge is 0.328 e. The van der Waals surface area contributed by atoms with Crippen LogP contribution in [0.4, 0.5) is 0 Å². The fourth-order valence-corrected chi connectivity index (χ4v) is 3.82. The zero-order valence-corrected chi connectivity index (χ0v) is 14.6.